The Balaban J connectivity index is 2.50. The predicted molar refractivity (Wildman–Crippen MR) is 37.4 cm³/mol. The van der Waals surface area contributed by atoms with Crippen LogP contribution < -0.4 is 0 Å². The molecule has 1 aliphatic rings. The first kappa shape index (κ1) is 8.92. The summed E-state index contributed by atoms with van der Waals surface area (Å²) in [6, 6.07) is 0. The third-order valence-corrected chi connectivity index (χ3v) is 2.03. The molecule has 11 heavy (non-hydrogen) atoms. The quantitative estimate of drug-likeness (QED) is 0.596. The summed E-state index contributed by atoms with van der Waals surface area (Å²) in [4.78, 5) is 0. The second-order valence-electron chi connectivity index (χ2n) is 2.56. The number of rotatable bonds is 2. The molecule has 1 aliphatic heterocycles. The summed E-state index contributed by atoms with van der Waals surface area (Å²) in [6.45, 7) is 0.472. The van der Waals surface area contributed by atoms with Gasteiger partial charge < -0.3 is 5.21 Å². The van der Waals surface area contributed by atoms with Crippen LogP contribution in [-0.2, 0) is 14.3 Å². The van der Waals surface area contributed by atoms with E-state index in [0.717, 1.165) is 17.7 Å². The topological polar surface area (TPSA) is 66.8 Å². The average Bonchev–Trinajstić information content (AvgIpc) is 2.12. The van der Waals surface area contributed by atoms with Crippen molar-refractivity contribution < 1.29 is 17.8 Å². The highest BCUT2D eigenvalue weighted by Gasteiger charge is 2.26. The van der Waals surface area contributed by atoms with E-state index in [9.17, 15) is 8.42 Å². The van der Waals surface area contributed by atoms with Crippen LogP contribution in [0.25, 0.3) is 0 Å². The zero-order valence-electron chi connectivity index (χ0n) is 6.23. The predicted octanol–water partition coefficient (Wildman–Crippen LogP) is -0.226. The lowest BCUT2D eigenvalue weighted by molar-refractivity contribution is -0.158. The first-order chi connectivity index (χ1) is 4.99. The molecular formula is C5H11NO4S. The van der Waals surface area contributed by atoms with E-state index in [1.165, 1.54) is 0 Å². The van der Waals surface area contributed by atoms with E-state index >= 15 is 0 Å². The molecule has 0 amide bonds. The summed E-state index contributed by atoms with van der Waals surface area (Å²) >= 11 is 0. The summed E-state index contributed by atoms with van der Waals surface area (Å²) in [6.07, 6.45) is 1.62. The van der Waals surface area contributed by atoms with Gasteiger partial charge in [0.05, 0.1) is 6.26 Å². The molecule has 0 aromatic heterocycles. The van der Waals surface area contributed by atoms with Gasteiger partial charge in [0.15, 0.2) is 6.23 Å². The minimum absolute atomic E-state index is 0.472. The van der Waals surface area contributed by atoms with Gasteiger partial charge in [-0.05, 0) is 12.8 Å². The molecule has 0 aromatic carbocycles. The van der Waals surface area contributed by atoms with Crippen LogP contribution in [0, 0.1) is 0 Å². The molecule has 1 N–H and O–H groups in total. The highest BCUT2D eigenvalue weighted by Crippen LogP contribution is 2.16. The van der Waals surface area contributed by atoms with Crippen LogP contribution in [-0.4, -0.2) is 37.7 Å². The number of hydrogen-bond donors (Lipinski definition) is 1. The molecule has 0 spiro atoms. The van der Waals surface area contributed by atoms with E-state index in [1.54, 1.807) is 0 Å². The molecule has 66 valence electrons. The highest BCUT2D eigenvalue weighted by molar-refractivity contribution is 7.86. The lowest BCUT2D eigenvalue weighted by Crippen LogP contribution is -2.30. The van der Waals surface area contributed by atoms with Crippen LogP contribution in [0.5, 0.6) is 0 Å². The molecule has 0 aromatic rings. The smallest absolute Gasteiger partial charge is 0.265 e. The summed E-state index contributed by atoms with van der Waals surface area (Å²) in [7, 11) is -3.44. The van der Waals surface area contributed by atoms with Gasteiger partial charge in [-0.3, -0.25) is 0 Å². The fourth-order valence-corrected chi connectivity index (χ4v) is 1.62. The first-order valence-corrected chi connectivity index (χ1v) is 5.14. The number of hydrogen-bond acceptors (Lipinski definition) is 5. The summed E-state index contributed by atoms with van der Waals surface area (Å²) in [5.41, 5.74) is 0. The average molecular weight is 181 g/mol. The van der Waals surface area contributed by atoms with Crippen molar-refractivity contribution in [1.29, 1.82) is 0 Å². The summed E-state index contributed by atoms with van der Waals surface area (Å²) in [5.74, 6) is 0. The Hall–Kier alpha value is -0.170. The van der Waals surface area contributed by atoms with E-state index in [-0.39, 0.29) is 0 Å². The maximum atomic E-state index is 10.6. The fraction of sp³-hybridized carbons (Fsp3) is 1.00. The van der Waals surface area contributed by atoms with Gasteiger partial charge in [-0.15, -0.1) is 0 Å². The van der Waals surface area contributed by atoms with E-state index in [4.69, 9.17) is 5.21 Å². The molecule has 1 atom stereocenters. The molecule has 5 nitrogen and oxygen atoms in total. The van der Waals surface area contributed by atoms with Gasteiger partial charge >= 0.3 is 0 Å². The lowest BCUT2D eigenvalue weighted by Gasteiger charge is -2.15. The van der Waals surface area contributed by atoms with Gasteiger partial charge in [-0.2, -0.15) is 13.5 Å². The van der Waals surface area contributed by atoms with Crippen LogP contribution >= 0.6 is 0 Å². The number of hydroxylamine groups is 2. The van der Waals surface area contributed by atoms with Crippen LogP contribution in [0.15, 0.2) is 0 Å². The Morgan fingerprint density at radius 1 is 1.64 bits per heavy atom. The van der Waals surface area contributed by atoms with Gasteiger partial charge in [-0.1, -0.05) is 0 Å². The molecule has 1 fully saturated rings. The van der Waals surface area contributed by atoms with Crippen LogP contribution in [0.3, 0.4) is 0 Å². The van der Waals surface area contributed by atoms with E-state index < -0.39 is 16.3 Å². The zero-order valence-corrected chi connectivity index (χ0v) is 7.04. The van der Waals surface area contributed by atoms with Gasteiger partial charge in [0.25, 0.3) is 10.1 Å². The third kappa shape index (κ3) is 2.74. The molecule has 0 saturated carbocycles. The summed E-state index contributed by atoms with van der Waals surface area (Å²) in [5, 5.41) is 9.90. The van der Waals surface area contributed by atoms with Crippen molar-refractivity contribution in [3.05, 3.63) is 0 Å². The standard InChI is InChI=1S/C5H11NO4S/c1-11(8,9)10-5-3-2-4-6(5)7/h5,7H,2-4H2,1H3. The summed E-state index contributed by atoms with van der Waals surface area (Å²) < 4.78 is 25.7. The lowest BCUT2D eigenvalue weighted by atomic mass is 10.4. The Morgan fingerprint density at radius 2 is 2.27 bits per heavy atom. The minimum atomic E-state index is -3.44. The molecule has 1 heterocycles. The monoisotopic (exact) mass is 181 g/mol. The molecule has 1 rings (SSSR count). The van der Waals surface area contributed by atoms with Crippen molar-refractivity contribution in [2.45, 2.75) is 19.1 Å². The normalized spacial score (nSPS) is 27.6. The first-order valence-electron chi connectivity index (χ1n) is 3.33. The second kappa shape index (κ2) is 3.06. The van der Waals surface area contributed by atoms with Crippen molar-refractivity contribution in [3.63, 3.8) is 0 Å². The minimum Gasteiger partial charge on any atom is -0.311 e. The zero-order chi connectivity index (χ0) is 8.48. The molecule has 6 heteroatoms. The van der Waals surface area contributed by atoms with E-state index in [1.807, 2.05) is 0 Å². The molecule has 0 bridgehead atoms. The maximum Gasteiger partial charge on any atom is 0.265 e. The number of nitrogens with zero attached hydrogens (tertiary/aromatic N) is 1. The van der Waals surface area contributed by atoms with Gasteiger partial charge in [0.1, 0.15) is 0 Å². The largest absolute Gasteiger partial charge is 0.311 e. The molecule has 0 radical (unpaired) electrons. The van der Waals surface area contributed by atoms with Crippen molar-refractivity contribution in [2.24, 2.45) is 0 Å². The van der Waals surface area contributed by atoms with Gasteiger partial charge in [-0.25, -0.2) is 4.18 Å². The second-order valence-corrected chi connectivity index (χ2v) is 4.16. The van der Waals surface area contributed by atoms with Crippen molar-refractivity contribution in [2.75, 3.05) is 12.8 Å². The Labute approximate surface area is 65.6 Å². The Kier molecular flexibility index (Phi) is 2.48. The van der Waals surface area contributed by atoms with Crippen LogP contribution in [0.4, 0.5) is 0 Å². The highest BCUT2D eigenvalue weighted by atomic mass is 32.2. The van der Waals surface area contributed by atoms with E-state index in [2.05, 4.69) is 4.18 Å². The van der Waals surface area contributed by atoms with Crippen molar-refractivity contribution in [1.82, 2.24) is 5.06 Å². The molecule has 0 aliphatic carbocycles. The SMILES string of the molecule is CS(=O)(=O)OC1CCCN1O. The van der Waals surface area contributed by atoms with Crippen LogP contribution in [0.1, 0.15) is 12.8 Å². The van der Waals surface area contributed by atoms with Crippen molar-refractivity contribution in [3.8, 4) is 0 Å². The molecule has 1 saturated heterocycles. The van der Waals surface area contributed by atoms with Gasteiger partial charge in [0.2, 0.25) is 0 Å². The van der Waals surface area contributed by atoms with Crippen molar-refractivity contribution >= 4 is 10.1 Å². The fourth-order valence-electron chi connectivity index (χ4n) is 1.02. The Morgan fingerprint density at radius 3 is 2.64 bits per heavy atom. The Bertz CT molecular complexity index is 225. The maximum absolute atomic E-state index is 10.6. The molecule has 1 unspecified atom stereocenters. The van der Waals surface area contributed by atoms with Crippen LogP contribution in [0.2, 0.25) is 0 Å². The third-order valence-electron chi connectivity index (χ3n) is 1.46. The molecular weight excluding hydrogens is 170 g/mol. The van der Waals surface area contributed by atoms with Gasteiger partial charge in [0, 0.05) is 6.54 Å². The van der Waals surface area contributed by atoms with E-state index in [0.29, 0.717) is 13.0 Å².